The average Bonchev–Trinajstić information content (AvgIpc) is 2.72. The predicted molar refractivity (Wildman–Crippen MR) is 67.5 cm³/mol. The molecule has 1 aliphatic rings. The van der Waals surface area contributed by atoms with Crippen LogP contribution in [0.1, 0.15) is 37.2 Å². The van der Waals surface area contributed by atoms with Crippen LogP contribution in [-0.2, 0) is 0 Å². The maximum atomic E-state index is 6.07. The van der Waals surface area contributed by atoms with Gasteiger partial charge in [-0.1, -0.05) is 24.6 Å². The van der Waals surface area contributed by atoms with E-state index in [0.29, 0.717) is 12.0 Å². The summed E-state index contributed by atoms with van der Waals surface area (Å²) in [6.07, 6.45) is 7.06. The number of fused-ring (bicyclic) bond motifs is 1. The molecule has 2 aromatic rings. The van der Waals surface area contributed by atoms with E-state index in [1.165, 1.54) is 35.7 Å². The molecule has 0 unspecified atom stereocenters. The van der Waals surface area contributed by atoms with Crippen LogP contribution in [0.15, 0.2) is 30.5 Å². The van der Waals surface area contributed by atoms with Crippen LogP contribution in [0, 0.1) is 0 Å². The summed E-state index contributed by atoms with van der Waals surface area (Å²) in [4.78, 5) is 3.36. The molecular weight excluding hydrogens is 196 g/mol. The molecule has 2 nitrogen and oxygen atoms in total. The van der Waals surface area contributed by atoms with Crippen LogP contribution in [0.2, 0.25) is 0 Å². The van der Waals surface area contributed by atoms with Crippen LogP contribution in [0.4, 0.5) is 0 Å². The topological polar surface area (TPSA) is 41.8 Å². The number of benzene rings is 1. The summed E-state index contributed by atoms with van der Waals surface area (Å²) in [6.45, 7) is 0. The van der Waals surface area contributed by atoms with E-state index in [2.05, 4.69) is 35.4 Å². The van der Waals surface area contributed by atoms with Gasteiger partial charge in [-0.3, -0.25) is 0 Å². The maximum Gasteiger partial charge on any atom is 0.0456 e. The predicted octanol–water partition coefficient (Wildman–Crippen LogP) is 3.15. The van der Waals surface area contributed by atoms with E-state index in [9.17, 15) is 0 Å². The highest BCUT2D eigenvalue weighted by atomic mass is 14.7. The third-order valence-corrected chi connectivity index (χ3v) is 3.78. The highest BCUT2D eigenvalue weighted by molar-refractivity contribution is 5.83. The lowest BCUT2D eigenvalue weighted by Crippen LogP contribution is -2.26. The average molecular weight is 214 g/mol. The molecule has 1 heterocycles. The smallest absolute Gasteiger partial charge is 0.0456 e. The molecule has 1 aliphatic carbocycles. The third kappa shape index (κ3) is 1.63. The van der Waals surface area contributed by atoms with E-state index in [-0.39, 0.29) is 0 Å². The van der Waals surface area contributed by atoms with E-state index in [4.69, 9.17) is 5.73 Å². The van der Waals surface area contributed by atoms with E-state index in [1.807, 2.05) is 0 Å². The first-order valence-electron chi connectivity index (χ1n) is 6.16. The minimum Gasteiger partial charge on any atom is -0.361 e. The second-order valence-corrected chi connectivity index (χ2v) is 4.91. The van der Waals surface area contributed by atoms with Gasteiger partial charge in [0.05, 0.1) is 0 Å². The van der Waals surface area contributed by atoms with Crippen LogP contribution >= 0.6 is 0 Å². The van der Waals surface area contributed by atoms with Crippen molar-refractivity contribution in [3.63, 3.8) is 0 Å². The quantitative estimate of drug-likeness (QED) is 0.752. The fourth-order valence-corrected chi connectivity index (χ4v) is 2.94. The molecule has 0 radical (unpaired) electrons. The first kappa shape index (κ1) is 9.91. The molecule has 0 amide bonds. The summed E-state index contributed by atoms with van der Waals surface area (Å²) < 4.78 is 0. The summed E-state index contributed by atoms with van der Waals surface area (Å²) in [6, 6.07) is 8.94. The molecule has 84 valence electrons. The lowest BCUT2D eigenvalue weighted by molar-refractivity contribution is 0.395. The van der Waals surface area contributed by atoms with Crippen molar-refractivity contribution in [3.8, 4) is 0 Å². The Bertz CT molecular complexity index is 486. The van der Waals surface area contributed by atoms with E-state index < -0.39 is 0 Å². The molecule has 1 aromatic carbocycles. The Morgan fingerprint density at radius 2 is 2.06 bits per heavy atom. The highest BCUT2D eigenvalue weighted by Crippen LogP contribution is 2.35. The van der Waals surface area contributed by atoms with Crippen LogP contribution in [-0.4, -0.2) is 11.0 Å². The summed E-state index contributed by atoms with van der Waals surface area (Å²) >= 11 is 0. The van der Waals surface area contributed by atoms with Gasteiger partial charge in [-0.15, -0.1) is 0 Å². The minimum absolute atomic E-state index is 0.396. The van der Waals surface area contributed by atoms with Crippen molar-refractivity contribution in [1.82, 2.24) is 4.98 Å². The van der Waals surface area contributed by atoms with Gasteiger partial charge in [-0.2, -0.15) is 0 Å². The summed E-state index contributed by atoms with van der Waals surface area (Å²) in [5.41, 5.74) is 8.78. The van der Waals surface area contributed by atoms with Crippen molar-refractivity contribution >= 4 is 10.9 Å². The number of nitrogens with two attached hydrogens (primary N) is 1. The lowest BCUT2D eigenvalue weighted by Gasteiger charge is -2.26. The van der Waals surface area contributed by atoms with E-state index in [1.54, 1.807) is 0 Å². The molecule has 0 aliphatic heterocycles. The molecule has 2 heteroatoms. The Labute approximate surface area is 95.8 Å². The van der Waals surface area contributed by atoms with Crippen molar-refractivity contribution in [2.24, 2.45) is 5.73 Å². The number of para-hydroxylation sites is 1. The molecule has 3 N–H and O–H groups in total. The van der Waals surface area contributed by atoms with Gasteiger partial charge in [0.1, 0.15) is 0 Å². The summed E-state index contributed by atoms with van der Waals surface area (Å²) in [5.74, 6) is 0.653. The Hall–Kier alpha value is -1.28. The Morgan fingerprint density at radius 3 is 2.94 bits per heavy atom. The third-order valence-electron chi connectivity index (χ3n) is 3.78. The van der Waals surface area contributed by atoms with Gasteiger partial charge in [0, 0.05) is 23.1 Å². The standard InChI is InChI=1S/C14H18N2/c15-11-5-3-4-10(8-11)13-9-16-14-7-2-1-6-12(13)14/h1-2,6-7,9-11,16H,3-5,8,15H2/t10-,11-/m1/s1. The molecule has 1 saturated carbocycles. The van der Waals surface area contributed by atoms with Crippen LogP contribution in [0.5, 0.6) is 0 Å². The molecule has 3 rings (SSSR count). The van der Waals surface area contributed by atoms with Gasteiger partial charge in [-0.25, -0.2) is 0 Å². The van der Waals surface area contributed by atoms with Crippen LogP contribution in [0.3, 0.4) is 0 Å². The Morgan fingerprint density at radius 1 is 1.19 bits per heavy atom. The maximum absolute atomic E-state index is 6.07. The zero-order valence-corrected chi connectivity index (χ0v) is 9.45. The van der Waals surface area contributed by atoms with Crippen molar-refractivity contribution in [1.29, 1.82) is 0 Å². The molecule has 0 bridgehead atoms. The Kier molecular flexibility index (Phi) is 2.44. The van der Waals surface area contributed by atoms with Crippen LogP contribution < -0.4 is 5.73 Å². The number of hydrogen-bond acceptors (Lipinski definition) is 1. The minimum atomic E-state index is 0.396. The number of aromatic nitrogens is 1. The fraction of sp³-hybridized carbons (Fsp3) is 0.429. The molecule has 0 saturated heterocycles. The largest absolute Gasteiger partial charge is 0.361 e. The van der Waals surface area contributed by atoms with Gasteiger partial charge in [-0.05, 0) is 36.8 Å². The second-order valence-electron chi connectivity index (χ2n) is 4.91. The normalized spacial score (nSPS) is 26.1. The molecule has 0 spiro atoms. The zero-order chi connectivity index (χ0) is 11.0. The van der Waals surface area contributed by atoms with Crippen molar-refractivity contribution in [2.45, 2.75) is 37.6 Å². The van der Waals surface area contributed by atoms with Crippen LogP contribution in [0.25, 0.3) is 10.9 Å². The first-order chi connectivity index (χ1) is 7.84. The SMILES string of the molecule is N[C@@H]1CCC[C@@H](c2c[nH]c3ccccc23)C1. The van der Waals surface area contributed by atoms with E-state index in [0.717, 1.165) is 6.42 Å². The number of rotatable bonds is 1. The fourth-order valence-electron chi connectivity index (χ4n) is 2.94. The number of nitrogens with one attached hydrogen (secondary N) is 1. The highest BCUT2D eigenvalue weighted by Gasteiger charge is 2.22. The molecule has 2 atom stereocenters. The number of hydrogen-bond donors (Lipinski definition) is 2. The Balaban J connectivity index is 1.99. The van der Waals surface area contributed by atoms with Gasteiger partial charge in [0.25, 0.3) is 0 Å². The summed E-state index contributed by atoms with van der Waals surface area (Å²) in [7, 11) is 0. The van der Waals surface area contributed by atoms with Crippen molar-refractivity contribution in [2.75, 3.05) is 0 Å². The first-order valence-corrected chi connectivity index (χ1v) is 6.16. The second kappa shape index (κ2) is 3.95. The number of aromatic amines is 1. The molecule has 1 fully saturated rings. The van der Waals surface area contributed by atoms with E-state index >= 15 is 0 Å². The van der Waals surface area contributed by atoms with Crippen molar-refractivity contribution < 1.29 is 0 Å². The number of H-pyrrole nitrogens is 1. The lowest BCUT2D eigenvalue weighted by atomic mass is 9.81. The van der Waals surface area contributed by atoms with Gasteiger partial charge in [0.15, 0.2) is 0 Å². The van der Waals surface area contributed by atoms with Gasteiger partial charge < -0.3 is 10.7 Å². The van der Waals surface area contributed by atoms with Gasteiger partial charge >= 0.3 is 0 Å². The monoisotopic (exact) mass is 214 g/mol. The molecule has 1 aromatic heterocycles. The van der Waals surface area contributed by atoms with Crippen molar-refractivity contribution in [3.05, 3.63) is 36.0 Å². The molecule has 16 heavy (non-hydrogen) atoms. The van der Waals surface area contributed by atoms with Gasteiger partial charge in [0.2, 0.25) is 0 Å². The summed E-state index contributed by atoms with van der Waals surface area (Å²) in [5, 5.41) is 1.38. The zero-order valence-electron chi connectivity index (χ0n) is 9.45. The molecular formula is C14H18N2.